The zero-order valence-corrected chi connectivity index (χ0v) is 13.3. The average Bonchev–Trinajstić information content (AvgIpc) is 3.02. The van der Waals surface area contributed by atoms with E-state index in [-0.39, 0.29) is 5.91 Å². The van der Waals surface area contributed by atoms with Crippen LogP contribution in [0.4, 0.5) is 0 Å². The molecule has 120 valence electrons. The van der Waals surface area contributed by atoms with Gasteiger partial charge in [-0.05, 0) is 12.1 Å². The molecule has 1 aromatic carbocycles. The normalized spacial score (nSPS) is 17.2. The van der Waals surface area contributed by atoms with Crippen molar-refractivity contribution >= 4 is 23.6 Å². The fourth-order valence-corrected chi connectivity index (χ4v) is 3.36. The van der Waals surface area contributed by atoms with Crippen molar-refractivity contribution in [2.24, 2.45) is 0 Å². The zero-order valence-electron chi connectivity index (χ0n) is 12.5. The van der Waals surface area contributed by atoms with E-state index in [1.165, 1.54) is 50.1 Å². The molecule has 0 aliphatic carbocycles. The number of methoxy groups -OCH3 is 3. The summed E-state index contributed by atoms with van der Waals surface area (Å²) in [5, 5.41) is 9.19. The number of carboxylic acids is 1. The van der Waals surface area contributed by atoms with Gasteiger partial charge in [0.2, 0.25) is 5.75 Å². The molecule has 0 saturated carbocycles. The number of carboxylic acid groups (broad SMARTS) is 1. The number of nitrogens with zero attached hydrogens (tertiary/aromatic N) is 1. The Morgan fingerprint density at radius 3 is 2.23 bits per heavy atom. The first kappa shape index (κ1) is 16.3. The Morgan fingerprint density at radius 1 is 1.18 bits per heavy atom. The van der Waals surface area contributed by atoms with Crippen molar-refractivity contribution in [2.75, 3.05) is 33.0 Å². The van der Waals surface area contributed by atoms with Crippen LogP contribution in [0.1, 0.15) is 10.4 Å². The van der Waals surface area contributed by atoms with Gasteiger partial charge in [0.15, 0.2) is 11.5 Å². The van der Waals surface area contributed by atoms with Crippen LogP contribution in [-0.4, -0.2) is 60.9 Å². The van der Waals surface area contributed by atoms with Gasteiger partial charge in [-0.1, -0.05) is 0 Å². The summed E-state index contributed by atoms with van der Waals surface area (Å²) in [4.78, 5) is 25.1. The van der Waals surface area contributed by atoms with Crippen LogP contribution in [-0.2, 0) is 4.79 Å². The number of benzene rings is 1. The molecule has 1 N–H and O–H groups in total. The third-order valence-corrected chi connectivity index (χ3v) is 4.35. The van der Waals surface area contributed by atoms with Crippen LogP contribution in [0.3, 0.4) is 0 Å². The van der Waals surface area contributed by atoms with E-state index in [0.717, 1.165) is 0 Å². The molecule has 22 heavy (non-hydrogen) atoms. The minimum Gasteiger partial charge on any atom is -0.493 e. The van der Waals surface area contributed by atoms with Gasteiger partial charge >= 0.3 is 5.97 Å². The molecule has 1 aromatic rings. The molecule has 0 aromatic heterocycles. The van der Waals surface area contributed by atoms with Crippen LogP contribution in [0.15, 0.2) is 12.1 Å². The van der Waals surface area contributed by atoms with Crippen LogP contribution in [0.25, 0.3) is 0 Å². The Morgan fingerprint density at radius 2 is 1.77 bits per heavy atom. The lowest BCUT2D eigenvalue weighted by Crippen LogP contribution is -2.41. The molecule has 7 nitrogen and oxygen atoms in total. The summed E-state index contributed by atoms with van der Waals surface area (Å²) in [5.41, 5.74) is 0.295. The highest BCUT2D eigenvalue weighted by Gasteiger charge is 2.35. The molecular weight excluding hydrogens is 310 g/mol. The Balaban J connectivity index is 2.39. The minimum absolute atomic E-state index is 0.295. The molecule has 1 amide bonds. The van der Waals surface area contributed by atoms with Gasteiger partial charge in [-0.2, -0.15) is 0 Å². The number of carbonyl (C=O) groups is 2. The minimum atomic E-state index is -1.01. The highest BCUT2D eigenvalue weighted by Crippen LogP contribution is 2.39. The summed E-state index contributed by atoms with van der Waals surface area (Å²) in [7, 11) is 4.38. The van der Waals surface area contributed by atoms with Gasteiger partial charge in [0.1, 0.15) is 6.04 Å². The summed E-state index contributed by atoms with van der Waals surface area (Å²) in [5.74, 6) is 0.417. The summed E-state index contributed by atoms with van der Waals surface area (Å²) in [6, 6.07) is 2.22. The fourth-order valence-electron chi connectivity index (χ4n) is 2.22. The van der Waals surface area contributed by atoms with Gasteiger partial charge in [0.05, 0.1) is 27.2 Å². The lowest BCUT2D eigenvalue weighted by Gasteiger charge is -2.21. The van der Waals surface area contributed by atoms with E-state index in [0.29, 0.717) is 34.4 Å². The maximum absolute atomic E-state index is 12.6. The predicted octanol–water partition coefficient (Wildman–Crippen LogP) is 1.31. The van der Waals surface area contributed by atoms with Gasteiger partial charge in [0, 0.05) is 11.3 Å². The second-order valence-electron chi connectivity index (χ2n) is 4.54. The second kappa shape index (κ2) is 6.78. The SMILES string of the molecule is COc1cc(C(=O)N2CSCC2C(=O)O)cc(OC)c1OC. The van der Waals surface area contributed by atoms with E-state index in [2.05, 4.69) is 0 Å². The van der Waals surface area contributed by atoms with Crippen molar-refractivity contribution in [1.82, 2.24) is 4.90 Å². The van der Waals surface area contributed by atoms with Gasteiger partial charge in [-0.25, -0.2) is 4.79 Å². The van der Waals surface area contributed by atoms with Crippen molar-refractivity contribution in [3.05, 3.63) is 17.7 Å². The molecule has 1 aliphatic rings. The molecule has 0 spiro atoms. The molecule has 1 aliphatic heterocycles. The van der Waals surface area contributed by atoms with Crippen molar-refractivity contribution < 1.29 is 28.9 Å². The summed E-state index contributed by atoms with van der Waals surface area (Å²) in [6.07, 6.45) is 0. The van der Waals surface area contributed by atoms with Crippen molar-refractivity contribution in [2.45, 2.75) is 6.04 Å². The number of aliphatic carboxylic acids is 1. The van der Waals surface area contributed by atoms with Crippen LogP contribution in [0.2, 0.25) is 0 Å². The Labute approximate surface area is 132 Å². The topological polar surface area (TPSA) is 85.3 Å². The van der Waals surface area contributed by atoms with E-state index in [4.69, 9.17) is 14.2 Å². The highest BCUT2D eigenvalue weighted by atomic mass is 32.2. The standard InChI is InChI=1S/C14H17NO6S/c1-19-10-4-8(5-11(20-2)12(10)21-3)13(16)15-7-22-6-9(15)14(17)18/h4-5,9H,6-7H2,1-3H3,(H,17,18). The lowest BCUT2D eigenvalue weighted by atomic mass is 10.1. The molecule has 2 rings (SSSR count). The van der Waals surface area contributed by atoms with Crippen LogP contribution in [0.5, 0.6) is 17.2 Å². The van der Waals surface area contributed by atoms with Crippen molar-refractivity contribution in [1.29, 1.82) is 0 Å². The van der Waals surface area contributed by atoms with Crippen LogP contribution in [0, 0.1) is 0 Å². The van der Waals surface area contributed by atoms with Crippen molar-refractivity contribution in [3.8, 4) is 17.2 Å². The lowest BCUT2D eigenvalue weighted by molar-refractivity contribution is -0.140. The highest BCUT2D eigenvalue weighted by molar-refractivity contribution is 7.99. The van der Waals surface area contributed by atoms with E-state index in [1.807, 2.05) is 0 Å². The van der Waals surface area contributed by atoms with Gasteiger partial charge < -0.3 is 24.2 Å². The molecular formula is C14H17NO6S. The smallest absolute Gasteiger partial charge is 0.327 e. The summed E-state index contributed by atoms with van der Waals surface area (Å²) >= 11 is 1.41. The number of rotatable bonds is 5. The molecule has 1 fully saturated rings. The molecule has 1 heterocycles. The molecule has 1 atom stereocenters. The van der Waals surface area contributed by atoms with E-state index in [9.17, 15) is 14.7 Å². The third-order valence-electron chi connectivity index (χ3n) is 3.34. The van der Waals surface area contributed by atoms with Crippen LogP contribution < -0.4 is 14.2 Å². The van der Waals surface area contributed by atoms with Gasteiger partial charge in [0.25, 0.3) is 5.91 Å². The summed E-state index contributed by atoms with van der Waals surface area (Å²) in [6.45, 7) is 0. The van der Waals surface area contributed by atoms with Gasteiger partial charge in [-0.3, -0.25) is 4.79 Å². The number of hydrogen-bond donors (Lipinski definition) is 1. The Hall–Kier alpha value is -2.09. The number of thioether (sulfide) groups is 1. The largest absolute Gasteiger partial charge is 0.493 e. The second-order valence-corrected chi connectivity index (χ2v) is 5.54. The Kier molecular flexibility index (Phi) is 5.02. The average molecular weight is 327 g/mol. The number of amides is 1. The predicted molar refractivity (Wildman–Crippen MR) is 81.0 cm³/mol. The number of carbonyl (C=O) groups excluding carboxylic acids is 1. The van der Waals surface area contributed by atoms with Gasteiger partial charge in [-0.15, -0.1) is 11.8 Å². The third kappa shape index (κ3) is 2.92. The van der Waals surface area contributed by atoms with E-state index >= 15 is 0 Å². The first-order chi connectivity index (χ1) is 10.5. The van der Waals surface area contributed by atoms with Crippen molar-refractivity contribution in [3.63, 3.8) is 0 Å². The monoisotopic (exact) mass is 327 g/mol. The Bertz CT molecular complexity index is 566. The van der Waals surface area contributed by atoms with E-state index < -0.39 is 12.0 Å². The zero-order chi connectivity index (χ0) is 16.3. The molecule has 0 radical (unpaired) electrons. The molecule has 0 bridgehead atoms. The fraction of sp³-hybridized carbons (Fsp3) is 0.429. The summed E-state index contributed by atoms with van der Waals surface area (Å²) < 4.78 is 15.6. The number of ether oxygens (including phenoxy) is 3. The maximum Gasteiger partial charge on any atom is 0.327 e. The first-order valence-corrected chi connectivity index (χ1v) is 7.60. The maximum atomic E-state index is 12.6. The van der Waals surface area contributed by atoms with E-state index in [1.54, 1.807) is 0 Å². The van der Waals surface area contributed by atoms with Crippen LogP contribution >= 0.6 is 11.8 Å². The number of hydrogen-bond acceptors (Lipinski definition) is 6. The molecule has 1 unspecified atom stereocenters. The first-order valence-electron chi connectivity index (χ1n) is 6.45. The quantitative estimate of drug-likeness (QED) is 0.872. The molecule has 1 saturated heterocycles. The molecule has 8 heteroatoms.